The molecule has 70 valence electrons. The Morgan fingerprint density at radius 2 is 2.00 bits per heavy atom. The van der Waals surface area contributed by atoms with Gasteiger partial charge in [-0.15, -0.1) is 6.58 Å². The maximum Gasteiger partial charge on any atom is 0.134 e. The Morgan fingerprint density at radius 1 is 1.33 bits per heavy atom. The minimum Gasteiger partial charge on any atom is -0.244 e. The largest absolute Gasteiger partial charge is 0.244 e. The lowest BCUT2D eigenvalue weighted by Crippen LogP contribution is -2.36. The van der Waals surface area contributed by atoms with E-state index in [1.54, 1.807) is 13.0 Å². The SMILES string of the molecule is C=CCC1CCC(C)C(F)C1F. The van der Waals surface area contributed by atoms with Crippen LogP contribution in [0, 0.1) is 11.8 Å². The van der Waals surface area contributed by atoms with Crippen LogP contribution in [0.4, 0.5) is 8.78 Å². The lowest BCUT2D eigenvalue weighted by Gasteiger charge is -2.32. The Labute approximate surface area is 72.7 Å². The van der Waals surface area contributed by atoms with E-state index >= 15 is 0 Å². The topological polar surface area (TPSA) is 0 Å². The van der Waals surface area contributed by atoms with Gasteiger partial charge in [0, 0.05) is 0 Å². The van der Waals surface area contributed by atoms with Crippen LogP contribution in [0.25, 0.3) is 0 Å². The molecule has 0 heterocycles. The average Bonchev–Trinajstić information content (AvgIpc) is 2.07. The summed E-state index contributed by atoms with van der Waals surface area (Å²) in [6.45, 7) is 5.32. The van der Waals surface area contributed by atoms with Gasteiger partial charge >= 0.3 is 0 Å². The molecular weight excluding hydrogens is 158 g/mol. The molecule has 4 atom stereocenters. The standard InChI is InChI=1S/C10H16F2/c1-3-4-8-6-5-7(2)9(11)10(8)12/h3,7-10H,1,4-6H2,2H3. The average molecular weight is 174 g/mol. The van der Waals surface area contributed by atoms with E-state index < -0.39 is 12.3 Å². The lowest BCUT2D eigenvalue weighted by molar-refractivity contribution is 0.0308. The van der Waals surface area contributed by atoms with E-state index in [1.165, 1.54) is 0 Å². The van der Waals surface area contributed by atoms with Gasteiger partial charge in [-0.3, -0.25) is 0 Å². The first-order valence-electron chi connectivity index (χ1n) is 4.56. The van der Waals surface area contributed by atoms with Gasteiger partial charge in [-0.1, -0.05) is 13.0 Å². The number of alkyl halides is 2. The quantitative estimate of drug-likeness (QED) is 0.563. The molecule has 0 nitrogen and oxygen atoms in total. The summed E-state index contributed by atoms with van der Waals surface area (Å²) in [6, 6.07) is 0. The van der Waals surface area contributed by atoms with Crippen LogP contribution < -0.4 is 0 Å². The fraction of sp³-hybridized carbons (Fsp3) is 0.800. The zero-order valence-electron chi connectivity index (χ0n) is 7.47. The van der Waals surface area contributed by atoms with Crippen molar-refractivity contribution < 1.29 is 8.78 Å². The third-order valence-electron chi connectivity index (χ3n) is 2.76. The van der Waals surface area contributed by atoms with Gasteiger partial charge in [-0.2, -0.15) is 0 Å². The molecule has 12 heavy (non-hydrogen) atoms. The minimum absolute atomic E-state index is 0.110. The van der Waals surface area contributed by atoms with Crippen molar-refractivity contribution in [1.82, 2.24) is 0 Å². The molecule has 0 amide bonds. The Kier molecular flexibility index (Phi) is 3.24. The first-order chi connectivity index (χ1) is 5.66. The third kappa shape index (κ3) is 1.85. The first-order valence-corrected chi connectivity index (χ1v) is 4.56. The van der Waals surface area contributed by atoms with Crippen LogP contribution in [-0.4, -0.2) is 12.3 Å². The molecule has 1 fully saturated rings. The summed E-state index contributed by atoms with van der Waals surface area (Å²) in [5.74, 6) is -0.241. The Morgan fingerprint density at radius 3 is 2.58 bits per heavy atom. The molecule has 1 aliphatic carbocycles. The second-order valence-electron chi connectivity index (χ2n) is 3.73. The number of hydrogen-bond acceptors (Lipinski definition) is 0. The summed E-state index contributed by atoms with van der Waals surface area (Å²) >= 11 is 0. The van der Waals surface area contributed by atoms with Crippen molar-refractivity contribution >= 4 is 0 Å². The molecule has 0 radical (unpaired) electrons. The van der Waals surface area contributed by atoms with Crippen molar-refractivity contribution in [1.29, 1.82) is 0 Å². The summed E-state index contributed by atoms with van der Waals surface area (Å²) in [4.78, 5) is 0. The van der Waals surface area contributed by atoms with E-state index in [0.717, 1.165) is 12.8 Å². The van der Waals surface area contributed by atoms with E-state index in [4.69, 9.17) is 0 Å². The van der Waals surface area contributed by atoms with Crippen molar-refractivity contribution in [3.8, 4) is 0 Å². The molecule has 1 aliphatic rings. The number of allylic oxidation sites excluding steroid dienone is 1. The number of rotatable bonds is 2. The van der Waals surface area contributed by atoms with Crippen molar-refractivity contribution in [3.63, 3.8) is 0 Å². The molecule has 0 aliphatic heterocycles. The molecule has 0 saturated heterocycles. The van der Waals surface area contributed by atoms with Crippen molar-refractivity contribution in [3.05, 3.63) is 12.7 Å². The first kappa shape index (κ1) is 9.69. The van der Waals surface area contributed by atoms with Crippen LogP contribution in [-0.2, 0) is 0 Å². The molecule has 0 aromatic carbocycles. The summed E-state index contributed by atoms with van der Waals surface area (Å²) in [7, 11) is 0. The molecule has 1 rings (SSSR count). The number of hydrogen-bond donors (Lipinski definition) is 0. The van der Waals surface area contributed by atoms with Gasteiger partial charge in [0.15, 0.2) is 0 Å². The van der Waals surface area contributed by atoms with E-state index in [2.05, 4.69) is 6.58 Å². The zero-order valence-corrected chi connectivity index (χ0v) is 7.47. The van der Waals surface area contributed by atoms with Gasteiger partial charge < -0.3 is 0 Å². The van der Waals surface area contributed by atoms with Crippen molar-refractivity contribution in [2.45, 2.75) is 38.5 Å². The van der Waals surface area contributed by atoms with E-state index in [9.17, 15) is 8.78 Å². The highest BCUT2D eigenvalue weighted by atomic mass is 19.2. The van der Waals surface area contributed by atoms with Crippen molar-refractivity contribution in [2.24, 2.45) is 11.8 Å². The molecule has 0 bridgehead atoms. The second-order valence-corrected chi connectivity index (χ2v) is 3.73. The zero-order chi connectivity index (χ0) is 9.14. The Hall–Kier alpha value is -0.400. The second kappa shape index (κ2) is 4.01. The molecule has 0 aromatic heterocycles. The van der Waals surface area contributed by atoms with Gasteiger partial charge in [-0.25, -0.2) is 8.78 Å². The van der Waals surface area contributed by atoms with Gasteiger partial charge in [0.1, 0.15) is 12.3 Å². The monoisotopic (exact) mass is 174 g/mol. The number of halogens is 2. The fourth-order valence-corrected chi connectivity index (χ4v) is 1.83. The van der Waals surface area contributed by atoms with Gasteiger partial charge in [0.2, 0.25) is 0 Å². The highest BCUT2D eigenvalue weighted by Gasteiger charge is 2.37. The van der Waals surface area contributed by atoms with Gasteiger partial charge in [0.05, 0.1) is 0 Å². The van der Waals surface area contributed by atoms with Crippen LogP contribution >= 0.6 is 0 Å². The maximum absolute atomic E-state index is 13.3. The summed E-state index contributed by atoms with van der Waals surface area (Å²) in [5.41, 5.74) is 0. The lowest BCUT2D eigenvalue weighted by atomic mass is 9.79. The highest BCUT2D eigenvalue weighted by Crippen LogP contribution is 2.35. The van der Waals surface area contributed by atoms with Crippen LogP contribution in [0.2, 0.25) is 0 Å². The smallest absolute Gasteiger partial charge is 0.134 e. The molecule has 1 saturated carbocycles. The van der Waals surface area contributed by atoms with Crippen LogP contribution in [0.15, 0.2) is 12.7 Å². The van der Waals surface area contributed by atoms with Gasteiger partial charge in [0.25, 0.3) is 0 Å². The molecule has 4 unspecified atom stereocenters. The summed E-state index contributed by atoms with van der Waals surface area (Å²) in [5, 5.41) is 0. The molecule has 0 spiro atoms. The molecular formula is C10H16F2. The van der Waals surface area contributed by atoms with E-state index in [0.29, 0.717) is 6.42 Å². The van der Waals surface area contributed by atoms with Crippen LogP contribution in [0.5, 0.6) is 0 Å². The predicted octanol–water partition coefficient (Wildman–Crippen LogP) is 3.28. The molecule has 0 aromatic rings. The Balaban J connectivity index is 2.52. The summed E-state index contributed by atoms with van der Waals surface area (Å²) < 4.78 is 26.4. The summed E-state index contributed by atoms with van der Waals surface area (Å²) in [6.07, 6.45) is 1.36. The fourth-order valence-electron chi connectivity index (χ4n) is 1.83. The van der Waals surface area contributed by atoms with E-state index in [-0.39, 0.29) is 11.8 Å². The van der Waals surface area contributed by atoms with Gasteiger partial charge in [-0.05, 0) is 31.1 Å². The van der Waals surface area contributed by atoms with Crippen LogP contribution in [0.3, 0.4) is 0 Å². The highest BCUT2D eigenvalue weighted by molar-refractivity contribution is 4.89. The molecule has 2 heteroatoms. The van der Waals surface area contributed by atoms with Crippen molar-refractivity contribution in [2.75, 3.05) is 0 Å². The van der Waals surface area contributed by atoms with Crippen LogP contribution in [0.1, 0.15) is 26.2 Å². The Bertz CT molecular complexity index is 156. The molecule has 0 N–H and O–H groups in total. The minimum atomic E-state index is -1.27. The van der Waals surface area contributed by atoms with E-state index in [1.807, 2.05) is 0 Å². The third-order valence-corrected chi connectivity index (χ3v) is 2.76. The predicted molar refractivity (Wildman–Crippen MR) is 46.5 cm³/mol. The normalized spacial score (nSPS) is 42.6. The maximum atomic E-state index is 13.3.